The summed E-state index contributed by atoms with van der Waals surface area (Å²) in [6.07, 6.45) is 3.97. The lowest BCUT2D eigenvalue weighted by atomic mass is 10.2. The average molecular weight is 450 g/mol. The molecule has 1 N–H and O–H groups in total. The lowest BCUT2D eigenvalue weighted by molar-refractivity contribution is 0.691. The number of hydrogen-bond donors (Lipinski definition) is 1. The molecular formula is C22H19N5S3. The van der Waals surface area contributed by atoms with Crippen molar-refractivity contribution in [3.05, 3.63) is 81.8 Å². The fraction of sp³-hybridized carbons (Fsp3) is 0.136. The SMILES string of the molecule is Cc1nc(NCc2cnc(-c3ccccc3)s2)sc1-c1ccn(Cc2ccsc2)n1. The molecule has 5 aromatic rings. The highest BCUT2D eigenvalue weighted by atomic mass is 32.1. The molecule has 5 nitrogen and oxygen atoms in total. The van der Waals surface area contributed by atoms with Gasteiger partial charge in [0, 0.05) is 22.8 Å². The summed E-state index contributed by atoms with van der Waals surface area (Å²) in [5.41, 5.74) is 4.40. The van der Waals surface area contributed by atoms with Gasteiger partial charge in [-0.3, -0.25) is 4.68 Å². The molecule has 0 atom stereocenters. The third kappa shape index (κ3) is 4.21. The first-order chi connectivity index (χ1) is 14.7. The molecule has 0 aliphatic rings. The Balaban J connectivity index is 1.26. The van der Waals surface area contributed by atoms with Gasteiger partial charge in [0.05, 0.1) is 23.7 Å². The standard InChI is InChI=1S/C22H19N5S3/c1-15-20(19-7-9-27(26-19)13-16-8-10-28-14-16)30-22(25-15)24-12-18-11-23-21(29-18)17-5-3-2-4-6-17/h2-11,14H,12-13H2,1H3,(H,24,25). The van der Waals surface area contributed by atoms with Crippen LogP contribution in [-0.2, 0) is 13.1 Å². The quantitative estimate of drug-likeness (QED) is 0.323. The minimum absolute atomic E-state index is 0.712. The normalized spacial score (nSPS) is 11.1. The molecule has 0 spiro atoms. The summed E-state index contributed by atoms with van der Waals surface area (Å²) in [5, 5.41) is 14.4. The van der Waals surface area contributed by atoms with Crippen LogP contribution in [0.15, 0.2) is 65.6 Å². The number of nitrogens with zero attached hydrogens (tertiary/aromatic N) is 4. The van der Waals surface area contributed by atoms with E-state index in [0.717, 1.165) is 38.5 Å². The van der Waals surface area contributed by atoms with Crippen molar-refractivity contribution in [1.82, 2.24) is 19.7 Å². The second kappa shape index (κ2) is 8.51. The Bertz CT molecular complexity index is 1240. The topological polar surface area (TPSA) is 55.6 Å². The maximum atomic E-state index is 4.74. The molecular weight excluding hydrogens is 430 g/mol. The zero-order valence-corrected chi connectivity index (χ0v) is 18.7. The molecule has 0 unspecified atom stereocenters. The van der Waals surface area contributed by atoms with E-state index in [1.165, 1.54) is 10.4 Å². The Morgan fingerprint density at radius 3 is 2.80 bits per heavy atom. The van der Waals surface area contributed by atoms with E-state index in [-0.39, 0.29) is 0 Å². The summed E-state index contributed by atoms with van der Waals surface area (Å²) in [6, 6.07) is 14.5. The van der Waals surface area contributed by atoms with Crippen LogP contribution in [0.25, 0.3) is 21.1 Å². The number of thiazole rings is 2. The Labute approximate surface area is 186 Å². The molecule has 4 aromatic heterocycles. The van der Waals surface area contributed by atoms with E-state index < -0.39 is 0 Å². The number of thiophene rings is 1. The highest BCUT2D eigenvalue weighted by molar-refractivity contribution is 7.19. The first-order valence-electron chi connectivity index (χ1n) is 9.51. The lowest BCUT2D eigenvalue weighted by Gasteiger charge is -1.99. The largest absolute Gasteiger partial charge is 0.357 e. The van der Waals surface area contributed by atoms with Gasteiger partial charge >= 0.3 is 0 Å². The van der Waals surface area contributed by atoms with Gasteiger partial charge in [0.15, 0.2) is 5.13 Å². The zero-order valence-electron chi connectivity index (χ0n) is 16.3. The van der Waals surface area contributed by atoms with Crippen LogP contribution in [0.3, 0.4) is 0 Å². The summed E-state index contributed by atoms with van der Waals surface area (Å²) < 4.78 is 1.98. The first-order valence-corrected chi connectivity index (χ1v) is 12.1. The predicted molar refractivity (Wildman–Crippen MR) is 126 cm³/mol. The fourth-order valence-electron chi connectivity index (χ4n) is 3.12. The van der Waals surface area contributed by atoms with Crippen molar-refractivity contribution in [2.45, 2.75) is 20.0 Å². The third-order valence-electron chi connectivity index (χ3n) is 4.58. The number of aryl methyl sites for hydroxylation is 1. The van der Waals surface area contributed by atoms with Crippen molar-refractivity contribution in [3.8, 4) is 21.1 Å². The van der Waals surface area contributed by atoms with Gasteiger partial charge < -0.3 is 5.32 Å². The van der Waals surface area contributed by atoms with Gasteiger partial charge in [-0.2, -0.15) is 16.4 Å². The van der Waals surface area contributed by atoms with E-state index in [1.807, 2.05) is 42.2 Å². The summed E-state index contributed by atoms with van der Waals surface area (Å²) >= 11 is 5.06. The van der Waals surface area contributed by atoms with Crippen LogP contribution in [0, 0.1) is 6.92 Å². The summed E-state index contributed by atoms with van der Waals surface area (Å²) in [7, 11) is 0. The molecule has 0 fully saturated rings. The van der Waals surface area contributed by atoms with Crippen LogP contribution < -0.4 is 5.32 Å². The Hall–Kier alpha value is -2.81. The minimum atomic E-state index is 0.712. The Kier molecular flexibility index (Phi) is 5.44. The van der Waals surface area contributed by atoms with Gasteiger partial charge in [0.25, 0.3) is 0 Å². The number of nitrogens with one attached hydrogen (secondary N) is 1. The van der Waals surface area contributed by atoms with Crippen molar-refractivity contribution >= 4 is 39.1 Å². The molecule has 30 heavy (non-hydrogen) atoms. The minimum Gasteiger partial charge on any atom is -0.357 e. The molecule has 0 saturated heterocycles. The van der Waals surface area contributed by atoms with Crippen LogP contribution in [-0.4, -0.2) is 19.7 Å². The molecule has 0 radical (unpaired) electrons. The third-order valence-corrected chi connectivity index (χ3v) is 7.50. The van der Waals surface area contributed by atoms with E-state index in [0.29, 0.717) is 6.54 Å². The van der Waals surface area contributed by atoms with Crippen LogP contribution >= 0.6 is 34.0 Å². The number of aromatic nitrogens is 4. The second-order valence-electron chi connectivity index (χ2n) is 6.82. The van der Waals surface area contributed by atoms with Crippen molar-refractivity contribution in [2.24, 2.45) is 0 Å². The number of hydrogen-bond acceptors (Lipinski definition) is 7. The van der Waals surface area contributed by atoms with E-state index in [1.54, 1.807) is 34.0 Å². The maximum absolute atomic E-state index is 4.74. The molecule has 0 amide bonds. The zero-order chi connectivity index (χ0) is 20.3. The number of anilines is 1. The summed E-state index contributed by atoms with van der Waals surface area (Å²) in [4.78, 5) is 11.5. The Morgan fingerprint density at radius 2 is 1.97 bits per heavy atom. The van der Waals surface area contributed by atoms with Gasteiger partial charge in [-0.15, -0.1) is 11.3 Å². The average Bonchev–Trinajstić information content (AvgIpc) is 3.56. The molecule has 0 aliphatic carbocycles. The van der Waals surface area contributed by atoms with Gasteiger partial charge in [-0.1, -0.05) is 41.7 Å². The molecule has 1 aromatic carbocycles. The van der Waals surface area contributed by atoms with E-state index in [4.69, 9.17) is 10.1 Å². The van der Waals surface area contributed by atoms with Crippen LogP contribution in [0.5, 0.6) is 0 Å². The number of rotatable bonds is 7. The molecule has 150 valence electrons. The second-order valence-corrected chi connectivity index (χ2v) is 9.71. The Morgan fingerprint density at radius 1 is 1.07 bits per heavy atom. The summed E-state index contributed by atoms with van der Waals surface area (Å²) in [6.45, 7) is 3.54. The molecule has 8 heteroatoms. The molecule has 0 aliphatic heterocycles. The summed E-state index contributed by atoms with van der Waals surface area (Å²) in [5.74, 6) is 0. The van der Waals surface area contributed by atoms with E-state index >= 15 is 0 Å². The van der Waals surface area contributed by atoms with Crippen LogP contribution in [0.2, 0.25) is 0 Å². The van der Waals surface area contributed by atoms with Crippen LogP contribution in [0.1, 0.15) is 16.1 Å². The van der Waals surface area contributed by atoms with Crippen LogP contribution in [0.4, 0.5) is 5.13 Å². The molecule has 4 heterocycles. The van der Waals surface area contributed by atoms with Gasteiger partial charge in [0.2, 0.25) is 0 Å². The maximum Gasteiger partial charge on any atom is 0.183 e. The molecule has 0 bridgehead atoms. The van der Waals surface area contributed by atoms with Crippen molar-refractivity contribution in [1.29, 1.82) is 0 Å². The van der Waals surface area contributed by atoms with Crippen molar-refractivity contribution < 1.29 is 0 Å². The molecule has 5 rings (SSSR count). The lowest BCUT2D eigenvalue weighted by Crippen LogP contribution is -1.98. The van der Waals surface area contributed by atoms with Gasteiger partial charge in [0.1, 0.15) is 10.7 Å². The number of benzene rings is 1. The molecule has 0 saturated carbocycles. The highest BCUT2D eigenvalue weighted by Gasteiger charge is 2.13. The smallest absolute Gasteiger partial charge is 0.183 e. The fourth-order valence-corrected chi connectivity index (χ4v) is 5.56. The predicted octanol–water partition coefficient (Wildman–Crippen LogP) is 6.16. The van der Waals surface area contributed by atoms with Gasteiger partial charge in [-0.25, -0.2) is 9.97 Å². The first kappa shape index (κ1) is 19.2. The van der Waals surface area contributed by atoms with Gasteiger partial charge in [-0.05, 0) is 35.4 Å². The highest BCUT2D eigenvalue weighted by Crippen LogP contribution is 2.32. The van der Waals surface area contributed by atoms with Crippen molar-refractivity contribution in [3.63, 3.8) is 0 Å². The van der Waals surface area contributed by atoms with E-state index in [9.17, 15) is 0 Å². The van der Waals surface area contributed by atoms with E-state index in [2.05, 4.69) is 45.3 Å². The van der Waals surface area contributed by atoms with Crippen molar-refractivity contribution in [2.75, 3.05) is 5.32 Å². The monoisotopic (exact) mass is 449 g/mol.